The van der Waals surface area contributed by atoms with Crippen LogP contribution in [0.3, 0.4) is 0 Å². The summed E-state index contributed by atoms with van der Waals surface area (Å²) in [7, 11) is 3.97. The summed E-state index contributed by atoms with van der Waals surface area (Å²) in [4.78, 5) is 18.1. The number of non-ortho nitro benzene ring substituents is 1. The van der Waals surface area contributed by atoms with Gasteiger partial charge < -0.3 is 14.5 Å². The maximum Gasteiger partial charge on any atom is 0.269 e. The van der Waals surface area contributed by atoms with Crippen LogP contribution in [-0.4, -0.2) is 42.8 Å². The fourth-order valence-corrected chi connectivity index (χ4v) is 3.52. The van der Waals surface area contributed by atoms with Crippen LogP contribution in [0.15, 0.2) is 53.7 Å². The normalized spacial score (nSPS) is 24.1. The predicted molar refractivity (Wildman–Crippen MR) is 101 cm³/mol. The number of fused-ring (bicyclic) bond motifs is 2. The van der Waals surface area contributed by atoms with Gasteiger partial charge in [0.15, 0.2) is 0 Å². The number of rotatable bonds is 6. The van der Waals surface area contributed by atoms with Crippen LogP contribution in [-0.2, 0) is 10.4 Å². The molecule has 0 amide bonds. The smallest absolute Gasteiger partial charge is 0.269 e. The van der Waals surface area contributed by atoms with Crippen LogP contribution in [0, 0.1) is 16.0 Å². The minimum absolute atomic E-state index is 0.0736. The van der Waals surface area contributed by atoms with Gasteiger partial charge >= 0.3 is 0 Å². The number of nitrogens with zero attached hydrogens (tertiary/aromatic N) is 3. The van der Waals surface area contributed by atoms with Gasteiger partial charge in [0.25, 0.3) is 5.69 Å². The first-order valence-corrected chi connectivity index (χ1v) is 8.89. The minimum Gasteiger partial charge on any atom is -0.481 e. The van der Waals surface area contributed by atoms with E-state index in [1.165, 1.54) is 12.1 Å². The third kappa shape index (κ3) is 3.14. The number of benzene rings is 2. The van der Waals surface area contributed by atoms with Crippen molar-refractivity contribution in [3.05, 3.63) is 69.8 Å². The van der Waals surface area contributed by atoms with Gasteiger partial charge in [0.1, 0.15) is 18.0 Å². The van der Waals surface area contributed by atoms with E-state index in [0.717, 1.165) is 35.6 Å². The van der Waals surface area contributed by atoms with Crippen molar-refractivity contribution >= 4 is 11.4 Å². The van der Waals surface area contributed by atoms with E-state index in [0.29, 0.717) is 6.61 Å². The van der Waals surface area contributed by atoms with Gasteiger partial charge in [-0.25, -0.2) is 0 Å². The lowest BCUT2D eigenvalue weighted by molar-refractivity contribution is -0.384. The van der Waals surface area contributed by atoms with Crippen molar-refractivity contribution in [2.45, 2.75) is 12.0 Å². The Labute approximate surface area is 157 Å². The Kier molecular flexibility index (Phi) is 4.31. The molecule has 1 fully saturated rings. The third-order valence-electron chi connectivity index (χ3n) is 5.05. The summed E-state index contributed by atoms with van der Waals surface area (Å²) in [6, 6.07) is 14.4. The van der Waals surface area contributed by atoms with Gasteiger partial charge in [-0.3, -0.25) is 10.1 Å². The van der Waals surface area contributed by atoms with Gasteiger partial charge in [0, 0.05) is 30.7 Å². The molecule has 0 radical (unpaired) electrons. The minimum atomic E-state index is -0.521. The summed E-state index contributed by atoms with van der Waals surface area (Å²) in [6.45, 7) is 1.30. The Morgan fingerprint density at radius 3 is 2.70 bits per heavy atom. The summed E-state index contributed by atoms with van der Waals surface area (Å²) in [6.07, 6.45) is 0.773. The van der Waals surface area contributed by atoms with E-state index >= 15 is 0 Å². The summed E-state index contributed by atoms with van der Waals surface area (Å²) < 4.78 is 6.34. The van der Waals surface area contributed by atoms with Crippen LogP contribution in [0.25, 0.3) is 0 Å². The van der Waals surface area contributed by atoms with Crippen molar-refractivity contribution in [3.63, 3.8) is 0 Å². The zero-order valence-corrected chi connectivity index (χ0v) is 15.3. The van der Waals surface area contributed by atoms with E-state index in [4.69, 9.17) is 9.57 Å². The zero-order valence-electron chi connectivity index (χ0n) is 15.3. The van der Waals surface area contributed by atoms with E-state index in [-0.39, 0.29) is 11.6 Å². The topological polar surface area (TPSA) is 77.2 Å². The first-order valence-electron chi connectivity index (χ1n) is 8.89. The fourth-order valence-electron chi connectivity index (χ4n) is 3.52. The quantitative estimate of drug-likeness (QED) is 0.445. The fraction of sp³-hybridized carbons (Fsp3) is 0.350. The Bertz CT molecular complexity index is 894. The van der Waals surface area contributed by atoms with Gasteiger partial charge in [-0.05, 0) is 43.9 Å². The molecule has 4 rings (SSSR count). The van der Waals surface area contributed by atoms with E-state index in [9.17, 15) is 10.1 Å². The average molecular weight is 367 g/mol. The first-order chi connectivity index (χ1) is 13.0. The molecule has 1 saturated carbocycles. The summed E-state index contributed by atoms with van der Waals surface area (Å²) in [5, 5.41) is 15.4. The maximum absolute atomic E-state index is 10.9. The van der Waals surface area contributed by atoms with Gasteiger partial charge in [0.05, 0.1) is 16.6 Å². The van der Waals surface area contributed by atoms with Gasteiger partial charge in [-0.2, -0.15) is 0 Å². The van der Waals surface area contributed by atoms with Crippen molar-refractivity contribution in [1.82, 2.24) is 4.90 Å². The van der Waals surface area contributed by atoms with E-state index in [1.54, 1.807) is 12.1 Å². The van der Waals surface area contributed by atoms with Crippen LogP contribution in [0.5, 0.6) is 5.75 Å². The van der Waals surface area contributed by atoms with Crippen molar-refractivity contribution in [2.24, 2.45) is 11.1 Å². The highest BCUT2D eigenvalue weighted by atomic mass is 16.6. The second-order valence-corrected chi connectivity index (χ2v) is 7.16. The Balaban J connectivity index is 1.64. The van der Waals surface area contributed by atoms with Crippen molar-refractivity contribution in [3.8, 4) is 5.75 Å². The lowest BCUT2D eigenvalue weighted by atomic mass is 9.95. The molecule has 7 nitrogen and oxygen atoms in total. The first kappa shape index (κ1) is 17.5. The average Bonchev–Trinajstić information content (AvgIpc) is 3.39. The number of ether oxygens (including phenoxy) is 1. The molecule has 0 aromatic heterocycles. The molecular formula is C20H21N3O4. The molecule has 0 saturated heterocycles. The van der Waals surface area contributed by atoms with Crippen LogP contribution in [0.2, 0.25) is 0 Å². The van der Waals surface area contributed by atoms with E-state index < -0.39 is 10.5 Å². The molecule has 2 unspecified atom stereocenters. The van der Waals surface area contributed by atoms with E-state index in [1.807, 2.05) is 43.3 Å². The van der Waals surface area contributed by atoms with Crippen molar-refractivity contribution < 1.29 is 14.5 Å². The second kappa shape index (κ2) is 6.66. The second-order valence-electron chi connectivity index (χ2n) is 7.16. The molecule has 2 atom stereocenters. The van der Waals surface area contributed by atoms with Crippen LogP contribution in [0.1, 0.15) is 17.5 Å². The highest BCUT2D eigenvalue weighted by Gasteiger charge is 2.64. The molecule has 1 aliphatic carbocycles. The number of hydrogen-bond donors (Lipinski definition) is 0. The number of oxime groups is 1. The Hall–Kier alpha value is -2.93. The summed E-state index contributed by atoms with van der Waals surface area (Å²) in [5.74, 6) is 0.841. The number of nitro groups is 1. The highest BCUT2D eigenvalue weighted by Crippen LogP contribution is 2.60. The lowest BCUT2D eigenvalue weighted by Gasteiger charge is -2.27. The third-order valence-corrected chi connectivity index (χ3v) is 5.05. The molecular weight excluding hydrogens is 346 g/mol. The summed E-state index contributed by atoms with van der Waals surface area (Å²) in [5.41, 5.74) is 2.31. The molecule has 0 spiro atoms. The molecule has 0 N–H and O–H groups in total. The Morgan fingerprint density at radius 2 is 2.00 bits per heavy atom. The molecule has 7 heteroatoms. The predicted octanol–water partition coefficient (Wildman–Crippen LogP) is 3.18. The molecule has 1 heterocycles. The standard InChI is InChI=1S/C20H21N3O4/c1-22(2)11-12-26-21-19-16-5-3-4-6-18(16)27-20(13-17(19)20)14-7-9-15(10-8-14)23(24)25/h3-10,17H,11-13H2,1-2H3. The Morgan fingerprint density at radius 1 is 1.26 bits per heavy atom. The number of hydrogen-bond acceptors (Lipinski definition) is 6. The van der Waals surface area contributed by atoms with Crippen molar-refractivity contribution in [1.29, 1.82) is 0 Å². The molecule has 2 aromatic carbocycles. The van der Waals surface area contributed by atoms with Gasteiger partial charge in [-0.1, -0.05) is 17.3 Å². The largest absolute Gasteiger partial charge is 0.481 e. The number of nitro benzene ring substituents is 1. The van der Waals surface area contributed by atoms with Gasteiger partial charge in [0.2, 0.25) is 0 Å². The number of likely N-dealkylation sites (N-methyl/N-ethyl adjacent to an activating group) is 1. The molecule has 2 aliphatic rings. The highest BCUT2D eigenvalue weighted by molar-refractivity contribution is 6.08. The lowest BCUT2D eigenvalue weighted by Crippen LogP contribution is -2.28. The molecule has 2 aromatic rings. The van der Waals surface area contributed by atoms with Crippen LogP contribution >= 0.6 is 0 Å². The molecule has 0 bridgehead atoms. The SMILES string of the molecule is CN(C)CCON=C1c2ccccc2OC2(c3ccc([N+](=O)[O-])cc3)CC12. The number of para-hydroxylation sites is 1. The molecule has 140 valence electrons. The van der Waals surface area contributed by atoms with Crippen LogP contribution < -0.4 is 4.74 Å². The molecule has 27 heavy (non-hydrogen) atoms. The summed E-state index contributed by atoms with van der Waals surface area (Å²) >= 11 is 0. The van der Waals surface area contributed by atoms with Crippen LogP contribution in [0.4, 0.5) is 5.69 Å². The zero-order chi connectivity index (χ0) is 19.0. The van der Waals surface area contributed by atoms with E-state index in [2.05, 4.69) is 5.16 Å². The molecule has 1 aliphatic heterocycles. The van der Waals surface area contributed by atoms with Crippen molar-refractivity contribution in [2.75, 3.05) is 27.2 Å². The van der Waals surface area contributed by atoms with Gasteiger partial charge in [-0.15, -0.1) is 0 Å². The monoisotopic (exact) mass is 367 g/mol. The maximum atomic E-state index is 10.9.